The van der Waals surface area contributed by atoms with Gasteiger partial charge in [-0.05, 0) is 101 Å². The van der Waals surface area contributed by atoms with Crippen LogP contribution in [0.5, 0.6) is 0 Å². The van der Waals surface area contributed by atoms with Gasteiger partial charge in [0.2, 0.25) is 82.7 Å². The van der Waals surface area contributed by atoms with Crippen LogP contribution >= 0.6 is 21.6 Å². The van der Waals surface area contributed by atoms with Gasteiger partial charge in [0.15, 0.2) is 0 Å². The van der Waals surface area contributed by atoms with Gasteiger partial charge in [-0.25, -0.2) is 4.79 Å². The second-order valence-corrected chi connectivity index (χ2v) is 30.1. The lowest BCUT2D eigenvalue weighted by Gasteiger charge is -2.29. The minimum atomic E-state index is -1.99. The zero-order valence-electron chi connectivity index (χ0n) is 63.8. The zero-order valence-corrected chi connectivity index (χ0v) is 65.4. The summed E-state index contributed by atoms with van der Waals surface area (Å²) < 4.78 is 0. The lowest BCUT2D eigenvalue weighted by Crippen LogP contribution is -2.63. The molecule has 1 aromatic heterocycles. The molecule has 1 aliphatic rings. The SMILES string of the molecule is C[C@H](N)C(=O)NCC(=O)N[C@H]1CSSC[C@H](C(=O)O)NC(=O)[C@H](CO)NC(=O)[C@H]([C@@H](C)O)NC(=O)[C@H](Cc2ccccc2)NC(=O)[C@H]([C@@H](C)O)NC(=O)[C@H](CCCCN)NC(=O)[C@@H](Cc2c[nH]c3ccccc23)NC(=O)[C@H](Cc2ccccc2)NC(=O)[C@H](Cc2ccccc2)NC(=O)[C@H](CC(N)=O)NC(=O)[C@H](CCCCN)NC1=O. The number of carbonyl (C=O) groups excluding carboxylic acids is 14. The number of benzene rings is 4. The van der Waals surface area contributed by atoms with Gasteiger partial charge >= 0.3 is 5.97 Å². The normalized spacial score (nSPS) is 23.7. The monoisotopic (exact) mass is 1640 g/mol. The second-order valence-electron chi connectivity index (χ2n) is 27.6. The molecule has 4 aromatic carbocycles. The van der Waals surface area contributed by atoms with Crippen LogP contribution in [0.25, 0.3) is 10.9 Å². The lowest BCUT2D eigenvalue weighted by atomic mass is 10.00. The maximum Gasteiger partial charge on any atom is 0.327 e. The number of aliphatic hydroxyl groups excluding tert-OH is 3. The lowest BCUT2D eigenvalue weighted by molar-refractivity contribution is -0.142. The number of aliphatic hydroxyl groups is 3. The molecule has 0 bridgehead atoms. The van der Waals surface area contributed by atoms with Gasteiger partial charge in [0.25, 0.3) is 0 Å². The summed E-state index contributed by atoms with van der Waals surface area (Å²) in [6.07, 6.45) is -3.48. The minimum Gasteiger partial charge on any atom is -0.480 e. The number of amides is 14. The van der Waals surface area contributed by atoms with E-state index in [0.717, 1.165) is 35.4 Å². The van der Waals surface area contributed by atoms with E-state index in [2.05, 4.69) is 74.1 Å². The van der Waals surface area contributed by atoms with Crippen molar-refractivity contribution in [1.29, 1.82) is 0 Å². The van der Waals surface area contributed by atoms with Crippen LogP contribution in [0.15, 0.2) is 121 Å². The molecule has 115 heavy (non-hydrogen) atoms. The van der Waals surface area contributed by atoms with Crippen molar-refractivity contribution in [2.24, 2.45) is 22.9 Å². The Bertz CT molecular complexity index is 4130. The summed E-state index contributed by atoms with van der Waals surface area (Å²) in [5, 5.41) is 76.1. The predicted molar refractivity (Wildman–Crippen MR) is 425 cm³/mol. The van der Waals surface area contributed by atoms with Crippen molar-refractivity contribution in [2.75, 3.05) is 37.7 Å². The predicted octanol–water partition coefficient (Wildman–Crippen LogP) is -4.91. The summed E-state index contributed by atoms with van der Waals surface area (Å²) in [6, 6.07) is 9.57. The molecule has 0 radical (unpaired) electrons. The Balaban J connectivity index is 1.47. The van der Waals surface area contributed by atoms with E-state index < -0.39 is 210 Å². The Morgan fingerprint density at radius 1 is 0.470 bits per heavy atom. The number of hydrogen-bond acceptors (Lipinski definition) is 23. The van der Waals surface area contributed by atoms with Crippen molar-refractivity contribution in [3.8, 4) is 0 Å². The number of hydrogen-bond donors (Lipinski definition) is 22. The van der Waals surface area contributed by atoms with E-state index in [0.29, 0.717) is 39.6 Å². The maximum atomic E-state index is 15.4. The Labute approximate surface area is 670 Å². The van der Waals surface area contributed by atoms with Crippen LogP contribution in [0, 0.1) is 0 Å². The highest BCUT2D eigenvalue weighted by atomic mass is 33.1. The van der Waals surface area contributed by atoms with Crippen molar-refractivity contribution in [2.45, 2.75) is 182 Å². The fourth-order valence-corrected chi connectivity index (χ4v) is 14.3. The van der Waals surface area contributed by atoms with Gasteiger partial charge in [0, 0.05) is 54.3 Å². The largest absolute Gasteiger partial charge is 0.480 e. The summed E-state index contributed by atoms with van der Waals surface area (Å²) >= 11 is 0. The fraction of sp³-hybridized carbons (Fsp3) is 0.461. The number of fused-ring (bicyclic) bond motifs is 1. The molecule has 6 rings (SSSR count). The molecular weight excluding hydrogens is 1530 g/mol. The molecule has 624 valence electrons. The number of nitrogens with one attached hydrogen (secondary N) is 14. The Hall–Kier alpha value is -11.1. The number of H-pyrrole nitrogens is 1. The molecule has 0 spiro atoms. The van der Waals surface area contributed by atoms with E-state index in [1.807, 2.05) is 0 Å². The van der Waals surface area contributed by atoms with Crippen LogP contribution in [0.1, 0.15) is 88.0 Å². The molecule has 1 aliphatic heterocycles. The Morgan fingerprint density at radius 2 is 0.852 bits per heavy atom. The van der Waals surface area contributed by atoms with Gasteiger partial charge in [0.1, 0.15) is 72.5 Å². The van der Waals surface area contributed by atoms with Gasteiger partial charge in [-0.15, -0.1) is 0 Å². The molecule has 26 N–H and O–H groups in total. The van der Waals surface area contributed by atoms with E-state index >= 15 is 14.4 Å². The Morgan fingerprint density at radius 3 is 1.30 bits per heavy atom. The third kappa shape index (κ3) is 30.7. The number of carboxylic acids is 1. The van der Waals surface area contributed by atoms with Gasteiger partial charge in [-0.3, -0.25) is 67.1 Å². The van der Waals surface area contributed by atoms with Gasteiger partial charge in [-0.2, -0.15) is 0 Å². The third-order valence-electron chi connectivity index (χ3n) is 18.3. The average molecular weight is 1640 g/mol. The topological polar surface area (TPSA) is 613 Å². The summed E-state index contributed by atoms with van der Waals surface area (Å²) in [6.45, 7) is 1.88. The van der Waals surface area contributed by atoms with Crippen molar-refractivity contribution >= 4 is 121 Å². The van der Waals surface area contributed by atoms with Crippen LogP contribution in [-0.2, 0) is 97.6 Å². The van der Waals surface area contributed by atoms with Crippen LogP contribution in [0.3, 0.4) is 0 Å². The summed E-state index contributed by atoms with van der Waals surface area (Å²) in [4.78, 5) is 217. The number of rotatable bonds is 26. The summed E-state index contributed by atoms with van der Waals surface area (Å²) in [5.74, 6) is -17.7. The highest BCUT2D eigenvalue weighted by Crippen LogP contribution is 2.25. The first kappa shape index (κ1) is 92.8. The number of para-hydroxylation sites is 1. The smallest absolute Gasteiger partial charge is 0.327 e. The molecular formula is C76H104N18O19S2. The van der Waals surface area contributed by atoms with Crippen LogP contribution in [0.4, 0.5) is 0 Å². The highest BCUT2D eigenvalue weighted by Gasteiger charge is 2.40. The number of aromatic amines is 1. The van der Waals surface area contributed by atoms with Crippen LogP contribution < -0.4 is 92.1 Å². The molecule has 5 aromatic rings. The molecule has 14 amide bonds. The second kappa shape index (κ2) is 47.6. The number of carbonyl (C=O) groups is 15. The first-order valence-electron chi connectivity index (χ1n) is 37.4. The summed E-state index contributed by atoms with van der Waals surface area (Å²) in [7, 11) is 1.49. The quantitative estimate of drug-likeness (QED) is 0.0182. The van der Waals surface area contributed by atoms with Crippen molar-refractivity contribution in [1.82, 2.24) is 74.1 Å². The molecule has 15 atom stereocenters. The molecule has 1 fully saturated rings. The van der Waals surface area contributed by atoms with Crippen LogP contribution in [0.2, 0.25) is 0 Å². The number of primary amides is 1. The number of nitrogens with two attached hydrogens (primary N) is 4. The van der Waals surface area contributed by atoms with Crippen LogP contribution in [-0.4, -0.2) is 243 Å². The van der Waals surface area contributed by atoms with Gasteiger partial charge in [0.05, 0.1) is 37.8 Å². The summed E-state index contributed by atoms with van der Waals surface area (Å²) in [5.41, 5.74) is 25.6. The molecule has 37 nitrogen and oxygen atoms in total. The number of carboxylic acid groups (broad SMARTS) is 1. The maximum absolute atomic E-state index is 15.4. The number of aromatic nitrogens is 1. The van der Waals surface area contributed by atoms with E-state index in [1.54, 1.807) is 121 Å². The van der Waals surface area contributed by atoms with Gasteiger partial charge < -0.3 is 117 Å². The van der Waals surface area contributed by atoms with Gasteiger partial charge in [-0.1, -0.05) is 131 Å². The standard InChI is InChI=1S/C76H104N18O19S2/c1-41(79)64(100)82-37-61(99)83-58-39-114-115-40-59(76(112)113)92-72(108)57(38-95)91-75(111)63(43(3)97)94-71(107)54(33-46-23-11-6-12-24-46)90-74(110)62(42(2)96)93-66(102)51(28-16-18-30-78)84-69(105)55(34-47-36-81-49-26-14-13-25-48(47)49)88-68(104)53(32-45-21-9-5-10-22-45)86-67(103)52(31-44-19-7-4-8-20-44)87-70(106)56(35-60(80)98)89-65(101)50(85-73(58)109)27-15-17-29-77/h4-14,19-26,36,41-43,50-59,62-63,81,95-97H,15-18,27-35,37-40,77-79H2,1-3H3,(H2,80,98)(H,82,100)(H,83,99)(H,84,105)(H,85,109)(H,86,103)(H,87,106)(H,88,104)(H,89,101)(H,90,110)(H,91,111)(H,92,108)(H,93,102)(H,94,107)(H,112,113)/t41-,42+,43+,50-,51-,52-,53-,54-,55+,56-,57-,58-,59+,62-,63-/m0/s1. The van der Waals surface area contributed by atoms with E-state index in [4.69, 9.17) is 22.9 Å². The van der Waals surface area contributed by atoms with E-state index in [1.165, 1.54) is 6.92 Å². The van der Waals surface area contributed by atoms with Crippen molar-refractivity contribution < 1.29 is 92.3 Å². The molecule has 0 saturated carbocycles. The third-order valence-corrected chi connectivity index (χ3v) is 20.7. The molecule has 0 unspecified atom stereocenters. The first-order valence-corrected chi connectivity index (χ1v) is 39.8. The zero-order chi connectivity index (χ0) is 84.3. The average Bonchev–Trinajstić information content (AvgIpc) is 1.71. The highest BCUT2D eigenvalue weighted by molar-refractivity contribution is 8.76. The van der Waals surface area contributed by atoms with Crippen molar-refractivity contribution in [3.05, 3.63) is 144 Å². The molecule has 0 aliphatic carbocycles. The van der Waals surface area contributed by atoms with E-state index in [9.17, 15) is 78.0 Å². The molecule has 39 heteroatoms. The fourth-order valence-electron chi connectivity index (χ4n) is 11.9. The van der Waals surface area contributed by atoms with Crippen molar-refractivity contribution in [3.63, 3.8) is 0 Å². The molecule has 2 heterocycles. The minimum absolute atomic E-state index is 0.104. The molecule has 1 saturated heterocycles. The van der Waals surface area contributed by atoms with E-state index in [-0.39, 0.29) is 70.9 Å². The first-order chi connectivity index (χ1) is 54.9. The number of aliphatic carboxylic acids is 1. The Kier molecular flexibility index (Phi) is 38.4. The number of unbranched alkanes of at least 4 members (excludes halogenated alkanes) is 2.